The average Bonchev–Trinajstić information content (AvgIpc) is 3.02. The number of carbonyl (C=O) groups is 2. The average molecular weight is 371 g/mol. The number of carboxylic acid groups (broad SMARTS) is 1. The fourth-order valence-corrected chi connectivity index (χ4v) is 3.23. The molecule has 142 valence electrons. The number of carbonyl (C=O) groups excluding carboxylic acids is 1. The first-order valence-electron chi connectivity index (χ1n) is 8.53. The highest BCUT2D eigenvalue weighted by Gasteiger charge is 2.39. The van der Waals surface area contributed by atoms with Crippen LogP contribution in [0.1, 0.15) is 38.8 Å². The van der Waals surface area contributed by atoms with Gasteiger partial charge in [-0.05, 0) is 36.8 Å². The molecule has 2 aromatic rings. The Morgan fingerprint density at radius 1 is 1.30 bits per heavy atom. The number of amides is 1. The van der Waals surface area contributed by atoms with Crippen molar-refractivity contribution in [3.8, 4) is 11.5 Å². The summed E-state index contributed by atoms with van der Waals surface area (Å²) < 4.78 is 11.6. The number of carboxylic acids is 1. The number of aromatic carboxylic acids is 1. The first-order chi connectivity index (χ1) is 12.9. The lowest BCUT2D eigenvalue weighted by atomic mass is 9.90. The Morgan fingerprint density at radius 3 is 2.74 bits per heavy atom. The zero-order chi connectivity index (χ0) is 19.6. The Labute approximate surface area is 156 Å². The second-order valence-electron chi connectivity index (χ2n) is 6.51. The van der Waals surface area contributed by atoms with Gasteiger partial charge in [-0.3, -0.25) is 4.79 Å². The second kappa shape index (κ2) is 7.28. The molecule has 0 fully saturated rings. The van der Waals surface area contributed by atoms with Crippen LogP contribution in [0.4, 0.5) is 0 Å². The van der Waals surface area contributed by atoms with E-state index in [1.807, 2.05) is 25.1 Å². The summed E-state index contributed by atoms with van der Waals surface area (Å²) >= 11 is 0. The van der Waals surface area contributed by atoms with Crippen molar-refractivity contribution in [2.45, 2.75) is 18.9 Å². The summed E-state index contributed by atoms with van der Waals surface area (Å²) in [6.07, 6.45) is 0.414. The number of aliphatic hydroxyl groups excluding tert-OH is 1. The van der Waals surface area contributed by atoms with E-state index >= 15 is 0 Å². The molecule has 0 aromatic heterocycles. The Balaban J connectivity index is 2.01. The van der Waals surface area contributed by atoms with E-state index in [0.717, 1.165) is 5.56 Å². The van der Waals surface area contributed by atoms with Gasteiger partial charge < -0.3 is 25.0 Å². The second-order valence-corrected chi connectivity index (χ2v) is 6.51. The van der Waals surface area contributed by atoms with Crippen LogP contribution in [0.3, 0.4) is 0 Å². The number of hydrogen-bond acceptors (Lipinski definition) is 5. The Hall–Kier alpha value is -3.06. The van der Waals surface area contributed by atoms with Gasteiger partial charge >= 0.3 is 5.97 Å². The third-order valence-corrected chi connectivity index (χ3v) is 4.54. The van der Waals surface area contributed by atoms with E-state index in [9.17, 15) is 14.7 Å². The van der Waals surface area contributed by atoms with Gasteiger partial charge in [-0.25, -0.2) is 4.79 Å². The van der Waals surface area contributed by atoms with Crippen molar-refractivity contribution in [3.05, 3.63) is 58.7 Å². The predicted molar refractivity (Wildman–Crippen MR) is 97.5 cm³/mol. The normalized spacial score (nSPS) is 17.7. The number of aliphatic hydroxyl groups is 1. The quantitative estimate of drug-likeness (QED) is 0.717. The largest absolute Gasteiger partial charge is 0.491 e. The Bertz CT molecular complexity index is 894. The number of rotatable bonds is 6. The van der Waals surface area contributed by atoms with E-state index in [0.29, 0.717) is 23.5 Å². The van der Waals surface area contributed by atoms with Crippen LogP contribution < -0.4 is 14.8 Å². The summed E-state index contributed by atoms with van der Waals surface area (Å²) in [5.41, 5.74) is 0.955. The lowest BCUT2D eigenvalue weighted by Crippen LogP contribution is -2.27. The summed E-state index contributed by atoms with van der Waals surface area (Å²) in [4.78, 5) is 23.7. The van der Waals surface area contributed by atoms with Gasteiger partial charge in [0.1, 0.15) is 23.7 Å². The first-order valence-corrected chi connectivity index (χ1v) is 8.53. The van der Waals surface area contributed by atoms with Gasteiger partial charge in [0, 0.05) is 19.0 Å². The molecule has 1 aliphatic heterocycles. The van der Waals surface area contributed by atoms with Crippen molar-refractivity contribution >= 4 is 11.9 Å². The maximum Gasteiger partial charge on any atom is 0.335 e. The zero-order valence-corrected chi connectivity index (χ0v) is 15.1. The molecule has 1 heterocycles. The molecule has 3 N–H and O–H groups in total. The molecule has 3 rings (SSSR count). The summed E-state index contributed by atoms with van der Waals surface area (Å²) in [6, 6.07) is 10.2. The Morgan fingerprint density at radius 2 is 2.07 bits per heavy atom. The molecule has 7 heteroatoms. The van der Waals surface area contributed by atoms with Gasteiger partial charge in [0.2, 0.25) is 0 Å². The van der Waals surface area contributed by atoms with Crippen LogP contribution in [-0.2, 0) is 12.0 Å². The van der Waals surface area contributed by atoms with Gasteiger partial charge in [-0.15, -0.1) is 0 Å². The number of ether oxygens (including phenoxy) is 2. The molecule has 1 atom stereocenters. The van der Waals surface area contributed by atoms with Crippen LogP contribution >= 0.6 is 0 Å². The summed E-state index contributed by atoms with van der Waals surface area (Å²) in [5.74, 6) is -0.516. The molecule has 0 aliphatic carbocycles. The summed E-state index contributed by atoms with van der Waals surface area (Å²) in [5, 5.41) is 20.8. The van der Waals surface area contributed by atoms with E-state index in [1.54, 1.807) is 12.1 Å². The van der Waals surface area contributed by atoms with Gasteiger partial charge in [-0.1, -0.05) is 12.1 Å². The fraction of sp³-hybridized carbons (Fsp3) is 0.300. The number of nitrogens with one attached hydrogen (secondary N) is 1. The molecule has 0 spiro atoms. The van der Waals surface area contributed by atoms with Crippen LogP contribution in [0.15, 0.2) is 36.4 Å². The minimum Gasteiger partial charge on any atom is -0.491 e. The van der Waals surface area contributed by atoms with E-state index in [4.69, 9.17) is 14.6 Å². The van der Waals surface area contributed by atoms with E-state index in [2.05, 4.69) is 5.32 Å². The molecule has 0 bridgehead atoms. The maximum absolute atomic E-state index is 12.2. The van der Waals surface area contributed by atoms with Gasteiger partial charge in [0.25, 0.3) is 5.91 Å². The third kappa shape index (κ3) is 3.59. The highest BCUT2D eigenvalue weighted by molar-refractivity contribution is 6.00. The Kier molecular flexibility index (Phi) is 5.05. The van der Waals surface area contributed by atoms with Gasteiger partial charge in [0.15, 0.2) is 0 Å². The smallest absolute Gasteiger partial charge is 0.335 e. The zero-order valence-electron chi connectivity index (χ0n) is 15.1. The van der Waals surface area contributed by atoms with Crippen molar-refractivity contribution < 1.29 is 29.3 Å². The van der Waals surface area contributed by atoms with Crippen LogP contribution in [0.2, 0.25) is 0 Å². The molecule has 0 saturated carbocycles. The number of fused-ring (bicyclic) bond motifs is 1. The number of benzene rings is 2. The molecule has 1 unspecified atom stereocenters. The minimum absolute atomic E-state index is 0.0419. The molecule has 0 saturated heterocycles. The van der Waals surface area contributed by atoms with Crippen molar-refractivity contribution in [2.24, 2.45) is 0 Å². The van der Waals surface area contributed by atoms with E-state index in [1.165, 1.54) is 13.1 Å². The van der Waals surface area contributed by atoms with Gasteiger partial charge in [0.05, 0.1) is 17.7 Å². The number of hydrogen-bond donors (Lipinski definition) is 3. The van der Waals surface area contributed by atoms with Crippen molar-refractivity contribution in [1.29, 1.82) is 0 Å². The molecule has 1 amide bonds. The monoisotopic (exact) mass is 371 g/mol. The standard InChI is InChI=1S/C20H21NO6/c1-20(14-4-3-5-15(10-14)26-7-6-22)11-13-8-12(19(24)25)9-16(17(13)27-20)18(23)21-2/h3-5,8-10,22H,6-7,11H2,1-2H3,(H,21,23)(H,24,25). The van der Waals surface area contributed by atoms with E-state index in [-0.39, 0.29) is 24.3 Å². The van der Waals surface area contributed by atoms with Crippen molar-refractivity contribution in [3.63, 3.8) is 0 Å². The molecule has 0 radical (unpaired) electrons. The molecular weight excluding hydrogens is 350 g/mol. The van der Waals surface area contributed by atoms with Crippen molar-refractivity contribution in [2.75, 3.05) is 20.3 Å². The summed E-state index contributed by atoms with van der Waals surface area (Å²) in [7, 11) is 1.48. The van der Waals surface area contributed by atoms with Crippen LogP contribution in [-0.4, -0.2) is 42.4 Å². The minimum atomic E-state index is -1.10. The van der Waals surface area contributed by atoms with E-state index < -0.39 is 17.5 Å². The SMILES string of the molecule is CNC(=O)c1cc(C(=O)O)cc2c1OC(C)(c1cccc(OCCO)c1)C2. The van der Waals surface area contributed by atoms with Crippen LogP contribution in [0, 0.1) is 0 Å². The molecule has 1 aliphatic rings. The van der Waals surface area contributed by atoms with Crippen molar-refractivity contribution in [1.82, 2.24) is 5.32 Å². The lowest BCUT2D eigenvalue weighted by molar-refractivity contribution is 0.0696. The molecule has 2 aromatic carbocycles. The highest BCUT2D eigenvalue weighted by atomic mass is 16.5. The first kappa shape index (κ1) is 18.7. The molecular formula is C20H21NO6. The third-order valence-electron chi connectivity index (χ3n) is 4.54. The topological polar surface area (TPSA) is 105 Å². The van der Waals surface area contributed by atoms with Crippen LogP contribution in [0.5, 0.6) is 11.5 Å². The van der Waals surface area contributed by atoms with Gasteiger partial charge in [-0.2, -0.15) is 0 Å². The fourth-order valence-electron chi connectivity index (χ4n) is 3.23. The molecule has 7 nitrogen and oxygen atoms in total. The van der Waals surface area contributed by atoms with Crippen LogP contribution in [0.25, 0.3) is 0 Å². The molecule has 27 heavy (non-hydrogen) atoms. The summed E-state index contributed by atoms with van der Waals surface area (Å²) in [6.45, 7) is 1.98. The lowest BCUT2D eigenvalue weighted by Gasteiger charge is -2.25. The highest BCUT2D eigenvalue weighted by Crippen LogP contribution is 2.44. The maximum atomic E-state index is 12.2. The predicted octanol–water partition coefficient (Wildman–Crippen LogP) is 1.97.